The van der Waals surface area contributed by atoms with E-state index in [4.69, 9.17) is 4.42 Å². The molecule has 1 fully saturated rings. The maximum absolute atomic E-state index is 12.6. The van der Waals surface area contributed by atoms with Crippen LogP contribution in [-0.2, 0) is 15.8 Å². The van der Waals surface area contributed by atoms with Crippen LogP contribution in [-0.4, -0.2) is 48.2 Å². The van der Waals surface area contributed by atoms with Gasteiger partial charge >= 0.3 is 6.01 Å². The van der Waals surface area contributed by atoms with E-state index in [9.17, 15) is 13.2 Å². The van der Waals surface area contributed by atoms with E-state index in [-0.39, 0.29) is 10.9 Å². The number of sulfonamides is 1. The summed E-state index contributed by atoms with van der Waals surface area (Å²) >= 11 is 1.53. The van der Waals surface area contributed by atoms with Crippen LogP contribution >= 0.6 is 11.8 Å². The van der Waals surface area contributed by atoms with Gasteiger partial charge in [-0.15, -0.1) is 5.10 Å². The minimum absolute atomic E-state index is 0.0177. The Bertz CT molecular complexity index is 859. The van der Waals surface area contributed by atoms with E-state index in [1.165, 1.54) is 40.3 Å². The quantitative estimate of drug-likeness (QED) is 0.799. The van der Waals surface area contributed by atoms with Gasteiger partial charge in [0.25, 0.3) is 5.91 Å². The van der Waals surface area contributed by atoms with Gasteiger partial charge in [-0.3, -0.25) is 10.1 Å². The van der Waals surface area contributed by atoms with E-state index < -0.39 is 15.9 Å². The van der Waals surface area contributed by atoms with Crippen molar-refractivity contribution in [2.75, 3.05) is 24.7 Å². The molecule has 1 saturated heterocycles. The minimum atomic E-state index is -3.51. The van der Waals surface area contributed by atoms with Crippen LogP contribution in [0, 0.1) is 0 Å². The minimum Gasteiger partial charge on any atom is -0.407 e. The molecule has 1 aromatic heterocycles. The Balaban J connectivity index is 1.69. The molecule has 0 aliphatic carbocycles. The van der Waals surface area contributed by atoms with Gasteiger partial charge in [0.15, 0.2) is 0 Å². The van der Waals surface area contributed by atoms with Crippen LogP contribution in [0.15, 0.2) is 33.6 Å². The van der Waals surface area contributed by atoms with Crippen molar-refractivity contribution in [1.82, 2.24) is 14.5 Å². The van der Waals surface area contributed by atoms with Gasteiger partial charge in [-0.2, -0.15) is 16.1 Å². The molecule has 2 aromatic rings. The summed E-state index contributed by atoms with van der Waals surface area (Å²) in [4.78, 5) is 12.4. The van der Waals surface area contributed by atoms with Gasteiger partial charge in [-0.25, -0.2) is 8.42 Å². The molecule has 1 aromatic carbocycles. The molecular weight excluding hydrogens is 376 g/mol. The van der Waals surface area contributed by atoms with Crippen molar-refractivity contribution < 1.29 is 17.6 Å². The van der Waals surface area contributed by atoms with E-state index in [1.807, 2.05) is 6.26 Å². The van der Waals surface area contributed by atoms with E-state index >= 15 is 0 Å². The zero-order valence-electron chi connectivity index (χ0n) is 14.3. The summed E-state index contributed by atoms with van der Waals surface area (Å²) in [5, 5.41) is 10.1. The number of nitrogens with one attached hydrogen (secondary N) is 1. The summed E-state index contributed by atoms with van der Waals surface area (Å²) < 4.78 is 32.0. The Morgan fingerprint density at radius 3 is 2.54 bits per heavy atom. The standard InChI is InChI=1S/C16H20N4O4S2/c1-25-11-14-18-19-16(24-14)17-15(21)12-5-7-13(8-6-12)26(22,23)20-9-3-2-4-10-20/h5-8H,2-4,9-11H2,1H3,(H,17,19,21). The zero-order valence-corrected chi connectivity index (χ0v) is 16.0. The topological polar surface area (TPSA) is 105 Å². The Kier molecular flexibility index (Phi) is 5.94. The molecule has 26 heavy (non-hydrogen) atoms. The molecule has 0 atom stereocenters. The van der Waals surface area contributed by atoms with Crippen molar-refractivity contribution >= 4 is 33.7 Å². The molecule has 0 saturated carbocycles. The number of piperidine rings is 1. The van der Waals surface area contributed by atoms with Crippen LogP contribution in [0.2, 0.25) is 0 Å². The second-order valence-corrected chi connectivity index (χ2v) is 8.68. The maximum Gasteiger partial charge on any atom is 0.322 e. The number of thioether (sulfide) groups is 1. The Labute approximate surface area is 156 Å². The lowest BCUT2D eigenvalue weighted by atomic mass is 10.2. The SMILES string of the molecule is CSCc1nnc(NC(=O)c2ccc(S(=O)(=O)N3CCCCC3)cc2)o1. The lowest BCUT2D eigenvalue weighted by molar-refractivity contribution is 0.102. The highest BCUT2D eigenvalue weighted by atomic mass is 32.2. The number of benzene rings is 1. The van der Waals surface area contributed by atoms with E-state index in [0.717, 1.165) is 19.3 Å². The summed E-state index contributed by atoms with van der Waals surface area (Å²) in [6, 6.07) is 5.87. The second-order valence-electron chi connectivity index (χ2n) is 5.88. The van der Waals surface area contributed by atoms with Crippen molar-refractivity contribution in [1.29, 1.82) is 0 Å². The molecule has 0 bridgehead atoms. The summed E-state index contributed by atoms with van der Waals surface area (Å²) in [5.74, 6) is 0.549. The number of rotatable bonds is 6. The molecule has 2 heterocycles. The van der Waals surface area contributed by atoms with E-state index in [2.05, 4.69) is 15.5 Å². The average Bonchev–Trinajstić information content (AvgIpc) is 3.10. The van der Waals surface area contributed by atoms with Gasteiger partial charge in [0, 0.05) is 18.7 Å². The van der Waals surface area contributed by atoms with Crippen LogP contribution in [0.1, 0.15) is 35.5 Å². The van der Waals surface area contributed by atoms with Gasteiger partial charge < -0.3 is 4.42 Å². The van der Waals surface area contributed by atoms with Crippen LogP contribution in [0.3, 0.4) is 0 Å². The number of carbonyl (C=O) groups excluding carboxylic acids is 1. The van der Waals surface area contributed by atoms with Crippen molar-refractivity contribution in [3.63, 3.8) is 0 Å². The molecular formula is C16H20N4O4S2. The molecule has 0 radical (unpaired) electrons. The summed E-state index contributed by atoms with van der Waals surface area (Å²) in [7, 11) is -3.51. The summed E-state index contributed by atoms with van der Waals surface area (Å²) in [6.07, 6.45) is 4.71. The number of nitrogens with zero attached hydrogens (tertiary/aromatic N) is 3. The lowest BCUT2D eigenvalue weighted by Gasteiger charge is -2.25. The fourth-order valence-electron chi connectivity index (χ4n) is 2.69. The highest BCUT2D eigenvalue weighted by molar-refractivity contribution is 7.97. The van der Waals surface area contributed by atoms with E-state index in [1.54, 1.807) is 0 Å². The van der Waals surface area contributed by atoms with Crippen LogP contribution in [0.4, 0.5) is 6.01 Å². The van der Waals surface area contributed by atoms with Crippen molar-refractivity contribution in [2.45, 2.75) is 29.9 Å². The third-order valence-electron chi connectivity index (χ3n) is 4.02. The van der Waals surface area contributed by atoms with Gasteiger partial charge in [-0.1, -0.05) is 11.5 Å². The molecule has 1 amide bonds. The summed E-state index contributed by atoms with van der Waals surface area (Å²) in [6.45, 7) is 1.08. The number of carbonyl (C=O) groups is 1. The predicted molar refractivity (Wildman–Crippen MR) is 98.5 cm³/mol. The number of amides is 1. The first-order valence-electron chi connectivity index (χ1n) is 8.23. The highest BCUT2D eigenvalue weighted by Gasteiger charge is 2.26. The average molecular weight is 396 g/mol. The van der Waals surface area contributed by atoms with Gasteiger partial charge in [0.05, 0.1) is 10.6 Å². The predicted octanol–water partition coefficient (Wildman–Crippen LogP) is 2.36. The third kappa shape index (κ3) is 4.25. The molecule has 140 valence electrons. The number of aromatic nitrogens is 2. The number of anilines is 1. The van der Waals surface area contributed by atoms with Crippen LogP contribution in [0.25, 0.3) is 0 Å². The second kappa shape index (κ2) is 8.19. The largest absolute Gasteiger partial charge is 0.407 e. The summed E-state index contributed by atoms with van der Waals surface area (Å²) in [5.41, 5.74) is 0.312. The molecule has 8 nitrogen and oxygen atoms in total. The first-order valence-corrected chi connectivity index (χ1v) is 11.1. The highest BCUT2D eigenvalue weighted by Crippen LogP contribution is 2.21. The van der Waals surface area contributed by atoms with Gasteiger partial charge in [0.2, 0.25) is 15.9 Å². The number of hydrogen-bond acceptors (Lipinski definition) is 7. The fourth-order valence-corrected chi connectivity index (χ4v) is 4.57. The molecule has 10 heteroatoms. The monoisotopic (exact) mass is 396 g/mol. The third-order valence-corrected chi connectivity index (χ3v) is 6.47. The molecule has 1 aliphatic rings. The Morgan fingerprint density at radius 2 is 1.88 bits per heavy atom. The van der Waals surface area contributed by atoms with Gasteiger partial charge in [0.1, 0.15) is 0 Å². The first kappa shape index (κ1) is 18.9. The smallest absolute Gasteiger partial charge is 0.322 e. The van der Waals surface area contributed by atoms with E-state index in [0.29, 0.717) is 30.3 Å². The lowest BCUT2D eigenvalue weighted by Crippen LogP contribution is -2.35. The maximum atomic E-state index is 12.6. The Hall–Kier alpha value is -1.91. The molecule has 0 unspecified atom stereocenters. The number of hydrogen-bond donors (Lipinski definition) is 1. The van der Waals surface area contributed by atoms with Gasteiger partial charge in [-0.05, 0) is 43.4 Å². The zero-order chi connectivity index (χ0) is 18.6. The fraction of sp³-hybridized carbons (Fsp3) is 0.438. The van der Waals surface area contributed by atoms with Crippen molar-refractivity contribution in [3.05, 3.63) is 35.7 Å². The van der Waals surface area contributed by atoms with Crippen LogP contribution < -0.4 is 5.32 Å². The van der Waals surface area contributed by atoms with Crippen molar-refractivity contribution in [2.24, 2.45) is 0 Å². The van der Waals surface area contributed by atoms with Crippen molar-refractivity contribution in [3.8, 4) is 0 Å². The van der Waals surface area contributed by atoms with Crippen LogP contribution in [0.5, 0.6) is 0 Å². The normalized spacial score (nSPS) is 15.7. The molecule has 1 N–H and O–H groups in total. The first-order chi connectivity index (χ1) is 12.5. The molecule has 3 rings (SSSR count). The molecule has 1 aliphatic heterocycles. The molecule has 0 spiro atoms. The Morgan fingerprint density at radius 1 is 1.19 bits per heavy atom.